The molecule has 3 rings (SSSR count). The van der Waals surface area contributed by atoms with E-state index in [1.807, 2.05) is 7.05 Å². The SMILES string of the molecule is CN=C(NCC1(c2ccccc2Br)CC1)NCC1(N(C)C)CCOCC1.I. The molecule has 0 unspecified atom stereocenters. The van der Waals surface area contributed by atoms with Gasteiger partial charge in [0.15, 0.2) is 5.96 Å². The van der Waals surface area contributed by atoms with E-state index in [-0.39, 0.29) is 34.9 Å². The number of nitrogens with zero attached hydrogens (tertiary/aromatic N) is 2. The van der Waals surface area contributed by atoms with Gasteiger partial charge >= 0.3 is 0 Å². The summed E-state index contributed by atoms with van der Waals surface area (Å²) >= 11 is 3.71. The normalized spacial score (nSPS) is 20.7. The van der Waals surface area contributed by atoms with Crippen molar-refractivity contribution >= 4 is 45.9 Å². The van der Waals surface area contributed by atoms with Gasteiger partial charge in [0.05, 0.1) is 0 Å². The fraction of sp³-hybridized carbons (Fsp3) is 0.650. The van der Waals surface area contributed by atoms with Crippen LogP contribution >= 0.6 is 39.9 Å². The van der Waals surface area contributed by atoms with Gasteiger partial charge in [-0.15, -0.1) is 24.0 Å². The Morgan fingerprint density at radius 3 is 2.30 bits per heavy atom. The maximum Gasteiger partial charge on any atom is 0.191 e. The lowest BCUT2D eigenvalue weighted by atomic mass is 9.88. The Morgan fingerprint density at radius 1 is 1.11 bits per heavy atom. The number of nitrogens with one attached hydrogen (secondary N) is 2. The zero-order chi connectivity index (χ0) is 18.6. The molecule has 2 N–H and O–H groups in total. The van der Waals surface area contributed by atoms with E-state index in [4.69, 9.17) is 4.74 Å². The molecule has 1 heterocycles. The largest absolute Gasteiger partial charge is 0.381 e. The van der Waals surface area contributed by atoms with E-state index in [2.05, 4.69) is 74.8 Å². The monoisotopic (exact) mass is 550 g/mol. The van der Waals surface area contributed by atoms with Crippen LogP contribution in [0.1, 0.15) is 31.2 Å². The fourth-order valence-electron chi connectivity index (χ4n) is 3.84. The van der Waals surface area contributed by atoms with Gasteiger partial charge in [-0.05, 0) is 51.4 Å². The van der Waals surface area contributed by atoms with Gasteiger partial charge < -0.3 is 20.3 Å². The van der Waals surface area contributed by atoms with Crippen molar-refractivity contribution in [3.63, 3.8) is 0 Å². The number of likely N-dealkylation sites (N-methyl/N-ethyl adjacent to an activating group) is 1. The van der Waals surface area contributed by atoms with Gasteiger partial charge in [0, 0.05) is 48.8 Å². The number of benzene rings is 1. The Hall–Kier alpha value is -0.380. The van der Waals surface area contributed by atoms with Crippen LogP contribution in [0, 0.1) is 0 Å². The van der Waals surface area contributed by atoms with Gasteiger partial charge in [0.25, 0.3) is 0 Å². The Labute approximate surface area is 188 Å². The molecule has 0 spiro atoms. The van der Waals surface area contributed by atoms with Crippen molar-refractivity contribution in [3.8, 4) is 0 Å². The second kappa shape index (κ2) is 9.89. The number of rotatable bonds is 6. The Kier molecular flexibility index (Phi) is 8.39. The Balaban J connectivity index is 0.00000261. The van der Waals surface area contributed by atoms with E-state index in [1.54, 1.807) is 0 Å². The molecule has 152 valence electrons. The summed E-state index contributed by atoms with van der Waals surface area (Å²) < 4.78 is 6.77. The average molecular weight is 551 g/mol. The highest BCUT2D eigenvalue weighted by atomic mass is 127. The molecule has 0 amide bonds. The molecule has 0 aromatic heterocycles. The van der Waals surface area contributed by atoms with Crippen LogP contribution in [0.2, 0.25) is 0 Å². The van der Waals surface area contributed by atoms with E-state index in [1.165, 1.54) is 22.9 Å². The molecule has 1 saturated heterocycles. The van der Waals surface area contributed by atoms with Crippen molar-refractivity contribution in [1.82, 2.24) is 15.5 Å². The number of hydrogen-bond donors (Lipinski definition) is 2. The molecule has 1 saturated carbocycles. The van der Waals surface area contributed by atoms with E-state index in [0.29, 0.717) is 0 Å². The first kappa shape index (κ1) is 22.9. The smallest absolute Gasteiger partial charge is 0.191 e. The summed E-state index contributed by atoms with van der Waals surface area (Å²) in [6, 6.07) is 8.57. The minimum Gasteiger partial charge on any atom is -0.381 e. The molecule has 7 heteroatoms. The minimum absolute atomic E-state index is 0. The summed E-state index contributed by atoms with van der Waals surface area (Å²) in [6.45, 7) is 3.45. The lowest BCUT2D eigenvalue weighted by Crippen LogP contribution is -2.57. The third kappa shape index (κ3) is 5.36. The third-order valence-electron chi connectivity index (χ3n) is 6.07. The predicted octanol–water partition coefficient (Wildman–Crippen LogP) is 3.37. The standard InChI is InChI=1S/C20H31BrN4O.HI/c1-22-18(24-15-20(25(2)3)10-12-26-13-11-20)23-14-19(8-9-19)16-6-4-5-7-17(16)21;/h4-7H,8-15H2,1-3H3,(H2,22,23,24);1H. The van der Waals surface area contributed by atoms with Crippen molar-refractivity contribution in [2.45, 2.75) is 36.6 Å². The highest BCUT2D eigenvalue weighted by Crippen LogP contribution is 2.49. The molecule has 0 atom stereocenters. The lowest BCUT2D eigenvalue weighted by Gasteiger charge is -2.43. The summed E-state index contributed by atoms with van der Waals surface area (Å²) in [7, 11) is 6.17. The maximum atomic E-state index is 5.56. The van der Waals surface area contributed by atoms with Crippen LogP contribution in [-0.2, 0) is 10.2 Å². The van der Waals surface area contributed by atoms with E-state index in [9.17, 15) is 0 Å². The van der Waals surface area contributed by atoms with E-state index in [0.717, 1.165) is 45.1 Å². The summed E-state index contributed by atoms with van der Waals surface area (Å²) in [4.78, 5) is 6.78. The van der Waals surface area contributed by atoms with Crippen LogP contribution in [0.15, 0.2) is 33.7 Å². The Morgan fingerprint density at radius 2 is 1.74 bits per heavy atom. The van der Waals surface area contributed by atoms with Crippen molar-refractivity contribution < 1.29 is 4.74 Å². The van der Waals surface area contributed by atoms with Crippen LogP contribution in [0.4, 0.5) is 0 Å². The quantitative estimate of drug-likeness (QED) is 0.324. The molecular formula is C20H32BrIN4O. The fourth-order valence-corrected chi connectivity index (χ4v) is 4.54. The molecule has 1 aliphatic carbocycles. The second-order valence-corrected chi connectivity index (χ2v) is 8.62. The van der Waals surface area contributed by atoms with Gasteiger partial charge in [0.2, 0.25) is 0 Å². The summed E-state index contributed by atoms with van der Waals surface area (Å²) in [6.07, 6.45) is 4.53. The average Bonchev–Trinajstić information content (AvgIpc) is 3.44. The predicted molar refractivity (Wildman–Crippen MR) is 126 cm³/mol. The van der Waals surface area contributed by atoms with Crippen LogP contribution in [0.5, 0.6) is 0 Å². The molecule has 0 radical (unpaired) electrons. The summed E-state index contributed by atoms with van der Waals surface area (Å²) in [5, 5.41) is 7.12. The minimum atomic E-state index is 0. The molecule has 2 fully saturated rings. The first-order valence-corrected chi connectivity index (χ1v) is 10.3. The zero-order valence-electron chi connectivity index (χ0n) is 16.6. The molecule has 1 aromatic carbocycles. The van der Waals surface area contributed by atoms with Gasteiger partial charge in [-0.1, -0.05) is 34.1 Å². The lowest BCUT2D eigenvalue weighted by molar-refractivity contribution is -0.00501. The van der Waals surface area contributed by atoms with Gasteiger partial charge in [-0.25, -0.2) is 0 Å². The number of guanidine groups is 1. The first-order valence-electron chi connectivity index (χ1n) is 9.46. The van der Waals surface area contributed by atoms with Gasteiger partial charge in [-0.2, -0.15) is 0 Å². The summed E-state index contributed by atoms with van der Waals surface area (Å²) in [5.74, 6) is 0.885. The van der Waals surface area contributed by atoms with Crippen molar-refractivity contribution in [2.24, 2.45) is 4.99 Å². The van der Waals surface area contributed by atoms with Crippen molar-refractivity contribution in [3.05, 3.63) is 34.3 Å². The Bertz CT molecular complexity index is 643. The van der Waals surface area contributed by atoms with E-state index >= 15 is 0 Å². The number of halogens is 2. The third-order valence-corrected chi connectivity index (χ3v) is 6.77. The zero-order valence-corrected chi connectivity index (χ0v) is 20.5. The van der Waals surface area contributed by atoms with Gasteiger partial charge in [-0.3, -0.25) is 4.99 Å². The molecule has 2 aliphatic rings. The van der Waals surface area contributed by atoms with E-state index < -0.39 is 0 Å². The number of aliphatic imine (C=N–C) groups is 1. The molecular weight excluding hydrogens is 519 g/mol. The molecule has 1 aromatic rings. The second-order valence-electron chi connectivity index (χ2n) is 7.77. The number of ether oxygens (including phenoxy) is 1. The molecule has 1 aliphatic heterocycles. The summed E-state index contributed by atoms with van der Waals surface area (Å²) in [5.41, 5.74) is 1.77. The highest BCUT2D eigenvalue weighted by Gasteiger charge is 2.45. The van der Waals surface area contributed by atoms with Crippen molar-refractivity contribution in [2.75, 3.05) is 47.4 Å². The van der Waals surface area contributed by atoms with Crippen LogP contribution in [0.25, 0.3) is 0 Å². The van der Waals surface area contributed by atoms with Crippen LogP contribution in [0.3, 0.4) is 0 Å². The molecule has 27 heavy (non-hydrogen) atoms. The topological polar surface area (TPSA) is 48.9 Å². The molecule has 5 nitrogen and oxygen atoms in total. The van der Waals surface area contributed by atoms with Crippen LogP contribution in [-0.4, -0.2) is 63.8 Å². The van der Waals surface area contributed by atoms with Crippen LogP contribution < -0.4 is 10.6 Å². The molecule has 0 bridgehead atoms. The van der Waals surface area contributed by atoms with Gasteiger partial charge in [0.1, 0.15) is 0 Å². The van der Waals surface area contributed by atoms with Crippen molar-refractivity contribution in [1.29, 1.82) is 0 Å². The highest BCUT2D eigenvalue weighted by molar-refractivity contribution is 14.0. The number of hydrogen-bond acceptors (Lipinski definition) is 3. The first-order chi connectivity index (χ1) is 12.5. The maximum absolute atomic E-state index is 5.56.